The van der Waals surface area contributed by atoms with E-state index in [1.807, 2.05) is 0 Å². The van der Waals surface area contributed by atoms with Crippen molar-refractivity contribution >= 4 is 28.0 Å². The smallest absolute Gasteiger partial charge is 0.122 e. The normalized spacial score (nSPS) is 19.1. The van der Waals surface area contributed by atoms with E-state index in [4.69, 9.17) is 0 Å². The van der Waals surface area contributed by atoms with Crippen molar-refractivity contribution in [3.8, 4) is 0 Å². The summed E-state index contributed by atoms with van der Waals surface area (Å²) in [6, 6.07) is 24.9. The van der Waals surface area contributed by atoms with E-state index in [9.17, 15) is 0 Å². The lowest BCUT2D eigenvalue weighted by Gasteiger charge is -2.44. The molecule has 6 heteroatoms. The maximum absolute atomic E-state index is 15.2. The third kappa shape index (κ3) is 4.67. The zero-order chi connectivity index (χ0) is 26.7. The van der Waals surface area contributed by atoms with Gasteiger partial charge in [0.25, 0.3) is 0 Å². The van der Waals surface area contributed by atoms with E-state index in [-0.39, 0.29) is 21.9 Å². The molecule has 4 aromatic rings. The van der Waals surface area contributed by atoms with Crippen LogP contribution in [0.15, 0.2) is 97.1 Å². The van der Waals surface area contributed by atoms with E-state index >= 15 is 17.6 Å². The van der Waals surface area contributed by atoms with Gasteiger partial charge in [-0.05, 0) is 57.0 Å². The number of benzene rings is 4. The van der Waals surface area contributed by atoms with Gasteiger partial charge in [0.2, 0.25) is 0 Å². The molecular formula is C32H31BF4N-. The van der Waals surface area contributed by atoms with Gasteiger partial charge < -0.3 is 4.90 Å². The van der Waals surface area contributed by atoms with Crippen molar-refractivity contribution in [3.63, 3.8) is 0 Å². The minimum Gasteiger partial charge on any atom is -0.300 e. The molecule has 0 radical (unpaired) electrons. The summed E-state index contributed by atoms with van der Waals surface area (Å²) < 4.78 is 60.7. The summed E-state index contributed by atoms with van der Waals surface area (Å²) in [6.07, 6.45) is 4.55. The van der Waals surface area contributed by atoms with Crippen LogP contribution < -0.4 is 21.9 Å². The largest absolute Gasteiger partial charge is 0.300 e. The second-order valence-electron chi connectivity index (χ2n) is 10.4. The molecule has 0 N–H and O–H groups in total. The van der Waals surface area contributed by atoms with Crippen LogP contribution >= 0.6 is 0 Å². The van der Waals surface area contributed by atoms with Crippen LogP contribution in [0.1, 0.15) is 32.1 Å². The van der Waals surface area contributed by atoms with Crippen molar-refractivity contribution in [2.45, 2.75) is 44.2 Å². The van der Waals surface area contributed by atoms with Gasteiger partial charge in [0.15, 0.2) is 0 Å². The summed E-state index contributed by atoms with van der Waals surface area (Å²) in [5.74, 6) is -2.66. The molecule has 2 saturated heterocycles. The zero-order valence-electron chi connectivity index (χ0n) is 21.5. The number of nitrogens with zero attached hydrogens (tertiary/aromatic N) is 1. The quantitative estimate of drug-likeness (QED) is 0.265. The predicted molar refractivity (Wildman–Crippen MR) is 148 cm³/mol. The Labute approximate surface area is 222 Å². The molecule has 0 amide bonds. The Balaban J connectivity index is 0.000000273. The van der Waals surface area contributed by atoms with E-state index in [1.54, 1.807) is 24.3 Å². The summed E-state index contributed by atoms with van der Waals surface area (Å²) in [6.45, 7) is 0. The lowest BCUT2D eigenvalue weighted by molar-refractivity contribution is 0.179. The van der Waals surface area contributed by atoms with Crippen LogP contribution in [0.4, 0.5) is 17.6 Å². The Morgan fingerprint density at radius 1 is 0.500 bits per heavy atom. The molecule has 4 aromatic carbocycles. The summed E-state index contributed by atoms with van der Waals surface area (Å²) in [5.41, 5.74) is 0.0844. The van der Waals surface area contributed by atoms with Gasteiger partial charge in [-0.25, -0.2) is 17.6 Å². The Bertz CT molecular complexity index is 1200. The van der Waals surface area contributed by atoms with Gasteiger partial charge >= 0.3 is 0 Å². The van der Waals surface area contributed by atoms with Gasteiger partial charge in [0, 0.05) is 12.1 Å². The standard InChI is InChI=1S/C24H16BF4.C8H15N/c26-21-13-5-1-9-17(21)25(18-10-2-6-14-22(18)27,19-11-3-7-15-23(19)28)20-12-4-8-16-24(20)29;1-9-7-3-2-4-8(9)6-5-7/h1-16H;7-8H,2-6H2,1H3/q-1;/t;7-,8+. The maximum atomic E-state index is 15.2. The molecule has 2 bridgehead atoms. The van der Waals surface area contributed by atoms with E-state index in [0.29, 0.717) is 0 Å². The topological polar surface area (TPSA) is 3.24 Å². The van der Waals surface area contributed by atoms with E-state index < -0.39 is 29.4 Å². The Kier molecular flexibility index (Phi) is 7.71. The summed E-state index contributed by atoms with van der Waals surface area (Å²) in [5, 5.41) is 0. The van der Waals surface area contributed by atoms with E-state index in [1.165, 1.54) is 105 Å². The molecule has 0 aromatic heterocycles. The molecule has 196 valence electrons. The second kappa shape index (κ2) is 11.2. The van der Waals surface area contributed by atoms with Gasteiger partial charge in [-0.1, -0.05) is 79.2 Å². The molecular weight excluding hydrogens is 485 g/mol. The van der Waals surface area contributed by atoms with Crippen LogP contribution in [0, 0.1) is 23.3 Å². The van der Waals surface area contributed by atoms with Gasteiger partial charge in [0.05, 0.1) is 23.3 Å². The number of halogens is 4. The molecule has 0 unspecified atom stereocenters. The van der Waals surface area contributed by atoms with Crippen LogP contribution in [-0.2, 0) is 0 Å². The summed E-state index contributed by atoms with van der Waals surface area (Å²) >= 11 is 0. The van der Waals surface area contributed by atoms with Gasteiger partial charge in [-0.15, -0.1) is 0 Å². The lowest BCUT2D eigenvalue weighted by Crippen LogP contribution is -2.77. The monoisotopic (exact) mass is 516 g/mol. The number of hydrogen-bond acceptors (Lipinski definition) is 1. The highest BCUT2D eigenvalue weighted by Crippen LogP contribution is 2.33. The van der Waals surface area contributed by atoms with Gasteiger partial charge in [-0.3, -0.25) is 0 Å². The fourth-order valence-electron chi connectivity index (χ4n) is 6.69. The Morgan fingerprint density at radius 3 is 1.05 bits per heavy atom. The molecule has 0 saturated carbocycles. The Morgan fingerprint density at radius 2 is 0.789 bits per heavy atom. The molecule has 2 aliphatic rings. The van der Waals surface area contributed by atoms with Gasteiger partial charge in [-0.2, -0.15) is 21.9 Å². The van der Waals surface area contributed by atoms with Crippen LogP contribution in [0.3, 0.4) is 0 Å². The van der Waals surface area contributed by atoms with Crippen LogP contribution in [-0.4, -0.2) is 30.2 Å². The summed E-state index contributed by atoms with van der Waals surface area (Å²) in [4.78, 5) is 2.59. The average Bonchev–Trinajstić information content (AvgIpc) is 3.11. The third-order valence-electron chi connectivity index (χ3n) is 8.55. The third-order valence-corrected chi connectivity index (χ3v) is 8.55. The van der Waals surface area contributed by atoms with Crippen LogP contribution in [0.25, 0.3) is 0 Å². The SMILES string of the molecule is CN1[C@@H]2CCC[C@H]1CC2.Fc1ccccc1[B-](c1ccccc1F)(c1ccccc1F)c1ccccc1F. The highest BCUT2D eigenvalue weighted by molar-refractivity contribution is 7.20. The first-order chi connectivity index (χ1) is 18.4. The molecule has 2 atom stereocenters. The van der Waals surface area contributed by atoms with Crippen molar-refractivity contribution in [1.29, 1.82) is 0 Å². The van der Waals surface area contributed by atoms with Crippen molar-refractivity contribution in [2.75, 3.05) is 7.05 Å². The molecule has 2 aliphatic heterocycles. The number of piperidine rings is 1. The first kappa shape index (κ1) is 26.2. The van der Waals surface area contributed by atoms with E-state index in [0.717, 1.165) is 12.1 Å². The fourth-order valence-corrected chi connectivity index (χ4v) is 6.69. The first-order valence-electron chi connectivity index (χ1n) is 13.3. The van der Waals surface area contributed by atoms with Crippen LogP contribution in [0.2, 0.25) is 0 Å². The van der Waals surface area contributed by atoms with Gasteiger partial charge in [0.1, 0.15) is 6.15 Å². The fraction of sp³-hybridized carbons (Fsp3) is 0.250. The highest BCUT2D eigenvalue weighted by atomic mass is 19.1. The number of rotatable bonds is 4. The second-order valence-corrected chi connectivity index (χ2v) is 10.4. The summed E-state index contributed by atoms with van der Waals surface area (Å²) in [7, 11) is 2.29. The first-order valence-corrected chi connectivity index (χ1v) is 13.3. The predicted octanol–water partition coefficient (Wildman–Crippen LogP) is 5.25. The molecule has 1 nitrogen and oxygen atoms in total. The van der Waals surface area contributed by atoms with Crippen molar-refractivity contribution in [1.82, 2.24) is 4.90 Å². The van der Waals surface area contributed by atoms with Crippen LogP contribution in [0.5, 0.6) is 0 Å². The Hall–Kier alpha value is -3.38. The highest BCUT2D eigenvalue weighted by Gasteiger charge is 2.39. The molecule has 0 spiro atoms. The van der Waals surface area contributed by atoms with Crippen molar-refractivity contribution in [3.05, 3.63) is 120 Å². The average molecular weight is 516 g/mol. The number of fused-ring (bicyclic) bond motifs is 2. The van der Waals surface area contributed by atoms with Crippen molar-refractivity contribution < 1.29 is 17.6 Å². The lowest BCUT2D eigenvalue weighted by atomic mass is 9.12. The minimum atomic E-state index is -2.82. The number of hydrogen-bond donors (Lipinski definition) is 0. The maximum Gasteiger partial charge on any atom is 0.122 e. The molecule has 2 heterocycles. The zero-order valence-corrected chi connectivity index (χ0v) is 21.5. The molecule has 0 aliphatic carbocycles. The molecule has 38 heavy (non-hydrogen) atoms. The minimum absolute atomic E-state index is 0.0211. The molecule has 6 rings (SSSR count). The van der Waals surface area contributed by atoms with E-state index in [2.05, 4.69) is 11.9 Å². The molecule has 2 fully saturated rings. The van der Waals surface area contributed by atoms with Crippen molar-refractivity contribution in [2.24, 2.45) is 0 Å².